The number of hydrogen-bond acceptors (Lipinski definition) is 2. The lowest BCUT2D eigenvalue weighted by Gasteiger charge is -2.25. The molecular formula is C13H17NO. The van der Waals surface area contributed by atoms with Crippen molar-refractivity contribution in [2.24, 2.45) is 5.73 Å². The Morgan fingerprint density at radius 3 is 2.53 bits per heavy atom. The van der Waals surface area contributed by atoms with Crippen LogP contribution in [0.1, 0.15) is 18.9 Å². The van der Waals surface area contributed by atoms with Crippen molar-refractivity contribution in [3.63, 3.8) is 0 Å². The monoisotopic (exact) mass is 203 g/mol. The van der Waals surface area contributed by atoms with Gasteiger partial charge in [0, 0.05) is 0 Å². The number of benzene rings is 1. The van der Waals surface area contributed by atoms with Gasteiger partial charge in [0.15, 0.2) is 0 Å². The standard InChI is InChI=1S/C13H17NO/c1-3-9-13(14,11(2)15)10-12-7-5-4-6-8-12/h3-8H,1,9-10,14H2,2H3/t13-/m0/s1. The van der Waals surface area contributed by atoms with Gasteiger partial charge >= 0.3 is 0 Å². The Morgan fingerprint density at radius 1 is 1.47 bits per heavy atom. The predicted octanol–water partition coefficient (Wildman–Crippen LogP) is 2.09. The average molecular weight is 203 g/mol. The molecule has 0 unspecified atom stereocenters. The molecule has 1 rings (SSSR count). The molecule has 80 valence electrons. The maximum atomic E-state index is 11.5. The van der Waals surface area contributed by atoms with Gasteiger partial charge < -0.3 is 5.73 Å². The van der Waals surface area contributed by atoms with Crippen molar-refractivity contribution in [3.8, 4) is 0 Å². The predicted molar refractivity (Wildman–Crippen MR) is 62.6 cm³/mol. The number of nitrogens with two attached hydrogens (primary N) is 1. The zero-order chi connectivity index (χ0) is 11.3. The number of Topliss-reactive ketones (excluding diaryl/α,β-unsaturated/α-hetero) is 1. The summed E-state index contributed by atoms with van der Waals surface area (Å²) in [5.41, 5.74) is 6.34. The Morgan fingerprint density at radius 2 is 2.07 bits per heavy atom. The fourth-order valence-electron chi connectivity index (χ4n) is 1.56. The molecule has 1 aromatic carbocycles. The van der Waals surface area contributed by atoms with Crippen molar-refractivity contribution >= 4 is 5.78 Å². The lowest BCUT2D eigenvalue weighted by Crippen LogP contribution is -2.48. The summed E-state index contributed by atoms with van der Waals surface area (Å²) in [7, 11) is 0. The van der Waals surface area contributed by atoms with Crippen molar-refractivity contribution in [2.45, 2.75) is 25.3 Å². The number of rotatable bonds is 5. The molecule has 2 heteroatoms. The first-order chi connectivity index (χ1) is 7.08. The summed E-state index contributed by atoms with van der Waals surface area (Å²) in [6, 6.07) is 9.80. The second-order valence-corrected chi connectivity index (χ2v) is 3.87. The van der Waals surface area contributed by atoms with Crippen LogP contribution in [0.4, 0.5) is 0 Å². The largest absolute Gasteiger partial charge is 0.318 e. The Hall–Kier alpha value is -1.41. The summed E-state index contributed by atoms with van der Waals surface area (Å²) >= 11 is 0. The van der Waals surface area contributed by atoms with Crippen LogP contribution in [0.25, 0.3) is 0 Å². The van der Waals surface area contributed by atoms with Gasteiger partial charge in [0.05, 0.1) is 5.54 Å². The van der Waals surface area contributed by atoms with Crippen molar-refractivity contribution < 1.29 is 4.79 Å². The molecule has 0 amide bonds. The van der Waals surface area contributed by atoms with E-state index in [2.05, 4.69) is 6.58 Å². The number of hydrogen-bond donors (Lipinski definition) is 1. The molecule has 0 saturated carbocycles. The normalized spacial score (nSPS) is 14.3. The molecular weight excluding hydrogens is 186 g/mol. The Balaban J connectivity index is 2.84. The highest BCUT2D eigenvalue weighted by Crippen LogP contribution is 2.16. The molecule has 15 heavy (non-hydrogen) atoms. The first-order valence-corrected chi connectivity index (χ1v) is 5.03. The third-order valence-electron chi connectivity index (χ3n) is 2.57. The highest BCUT2D eigenvalue weighted by Gasteiger charge is 2.29. The molecule has 0 aliphatic carbocycles. The van der Waals surface area contributed by atoms with Crippen LogP contribution in [-0.4, -0.2) is 11.3 Å². The van der Waals surface area contributed by atoms with Gasteiger partial charge in [-0.3, -0.25) is 4.79 Å². The van der Waals surface area contributed by atoms with Crippen LogP contribution in [0, 0.1) is 0 Å². The molecule has 1 aromatic rings. The number of ketones is 1. The SMILES string of the molecule is C=CC[C@](N)(Cc1ccccc1)C(C)=O. The minimum atomic E-state index is -0.802. The molecule has 0 radical (unpaired) electrons. The lowest BCUT2D eigenvalue weighted by molar-refractivity contribution is -0.121. The molecule has 0 bridgehead atoms. The van der Waals surface area contributed by atoms with E-state index in [0.29, 0.717) is 12.8 Å². The van der Waals surface area contributed by atoms with Crippen LogP contribution in [0.5, 0.6) is 0 Å². The van der Waals surface area contributed by atoms with Crippen molar-refractivity contribution in [1.29, 1.82) is 0 Å². The fraction of sp³-hybridized carbons (Fsp3) is 0.308. The van der Waals surface area contributed by atoms with E-state index in [1.807, 2.05) is 30.3 Å². The number of carbonyl (C=O) groups excluding carboxylic acids is 1. The van der Waals surface area contributed by atoms with Crippen LogP contribution in [0.2, 0.25) is 0 Å². The van der Waals surface area contributed by atoms with Gasteiger partial charge in [-0.05, 0) is 25.3 Å². The van der Waals surface area contributed by atoms with E-state index in [-0.39, 0.29) is 5.78 Å². The highest BCUT2D eigenvalue weighted by atomic mass is 16.1. The van der Waals surface area contributed by atoms with Crippen LogP contribution in [0.3, 0.4) is 0 Å². The van der Waals surface area contributed by atoms with E-state index < -0.39 is 5.54 Å². The zero-order valence-electron chi connectivity index (χ0n) is 9.07. The minimum Gasteiger partial charge on any atom is -0.318 e. The summed E-state index contributed by atoms with van der Waals surface area (Å²) < 4.78 is 0. The Bertz CT molecular complexity index is 345. The second kappa shape index (κ2) is 4.89. The highest BCUT2D eigenvalue weighted by molar-refractivity contribution is 5.86. The molecule has 2 nitrogen and oxygen atoms in total. The third kappa shape index (κ3) is 3.03. The topological polar surface area (TPSA) is 43.1 Å². The molecule has 0 fully saturated rings. The zero-order valence-corrected chi connectivity index (χ0v) is 9.07. The third-order valence-corrected chi connectivity index (χ3v) is 2.57. The molecule has 0 aromatic heterocycles. The molecule has 1 atom stereocenters. The summed E-state index contributed by atoms with van der Waals surface area (Å²) in [6.45, 7) is 5.17. The van der Waals surface area contributed by atoms with Gasteiger partial charge in [-0.25, -0.2) is 0 Å². The first kappa shape index (κ1) is 11.7. The van der Waals surface area contributed by atoms with E-state index in [9.17, 15) is 4.79 Å². The lowest BCUT2D eigenvalue weighted by atomic mass is 9.85. The average Bonchev–Trinajstić information content (AvgIpc) is 2.19. The Kier molecular flexibility index (Phi) is 3.81. The molecule has 0 spiro atoms. The van der Waals surface area contributed by atoms with Crippen LogP contribution in [0.15, 0.2) is 43.0 Å². The van der Waals surface area contributed by atoms with E-state index in [0.717, 1.165) is 5.56 Å². The molecule has 0 aliphatic heterocycles. The molecule has 0 aliphatic rings. The van der Waals surface area contributed by atoms with Gasteiger partial charge in [-0.15, -0.1) is 6.58 Å². The van der Waals surface area contributed by atoms with Crippen molar-refractivity contribution in [1.82, 2.24) is 0 Å². The molecule has 0 heterocycles. The molecule has 0 saturated heterocycles. The van der Waals surface area contributed by atoms with Gasteiger partial charge in [-0.1, -0.05) is 36.4 Å². The fourth-order valence-corrected chi connectivity index (χ4v) is 1.56. The van der Waals surface area contributed by atoms with Gasteiger partial charge in [-0.2, -0.15) is 0 Å². The quantitative estimate of drug-likeness (QED) is 0.745. The number of carbonyl (C=O) groups is 1. The van der Waals surface area contributed by atoms with E-state index >= 15 is 0 Å². The van der Waals surface area contributed by atoms with Crippen LogP contribution < -0.4 is 5.73 Å². The summed E-state index contributed by atoms with van der Waals surface area (Å²) in [5.74, 6) is 0.00579. The van der Waals surface area contributed by atoms with Crippen molar-refractivity contribution in [2.75, 3.05) is 0 Å². The maximum Gasteiger partial charge on any atom is 0.150 e. The van der Waals surface area contributed by atoms with Crippen LogP contribution >= 0.6 is 0 Å². The Labute approximate surface area is 90.8 Å². The van der Waals surface area contributed by atoms with Gasteiger partial charge in [0.25, 0.3) is 0 Å². The van der Waals surface area contributed by atoms with Crippen molar-refractivity contribution in [3.05, 3.63) is 48.6 Å². The summed E-state index contributed by atoms with van der Waals surface area (Å²) in [6.07, 6.45) is 2.77. The second-order valence-electron chi connectivity index (χ2n) is 3.87. The van der Waals surface area contributed by atoms with E-state index in [1.165, 1.54) is 6.92 Å². The van der Waals surface area contributed by atoms with E-state index in [1.54, 1.807) is 6.08 Å². The van der Waals surface area contributed by atoms with Crippen LogP contribution in [-0.2, 0) is 11.2 Å². The molecule has 2 N–H and O–H groups in total. The summed E-state index contributed by atoms with van der Waals surface area (Å²) in [4.78, 5) is 11.5. The van der Waals surface area contributed by atoms with E-state index in [4.69, 9.17) is 5.73 Å². The minimum absolute atomic E-state index is 0.00579. The van der Waals surface area contributed by atoms with Gasteiger partial charge in [0.1, 0.15) is 5.78 Å². The first-order valence-electron chi connectivity index (χ1n) is 5.03. The van der Waals surface area contributed by atoms with Gasteiger partial charge in [0.2, 0.25) is 0 Å². The smallest absolute Gasteiger partial charge is 0.150 e. The maximum absolute atomic E-state index is 11.5. The summed E-state index contributed by atoms with van der Waals surface area (Å²) in [5, 5.41) is 0.